The van der Waals surface area contributed by atoms with Crippen LogP contribution in [-0.4, -0.2) is 15.7 Å². The molecule has 0 N–H and O–H groups in total. The zero-order valence-corrected chi connectivity index (χ0v) is 59.0. The highest BCUT2D eigenvalue weighted by Crippen LogP contribution is 2.60. The second-order valence-electron chi connectivity index (χ2n) is 30.0. The average molecular weight is 1360 g/mol. The average Bonchev–Trinajstić information content (AvgIpc) is 1.50. The summed E-state index contributed by atoms with van der Waals surface area (Å²) < 4.78 is 94.9. The topological polar surface area (TPSA) is 15.8 Å². The van der Waals surface area contributed by atoms with Crippen molar-refractivity contribution in [3.8, 4) is 61.3 Å². The molecule has 492 valence electrons. The van der Waals surface area contributed by atoms with Crippen LogP contribution in [0.3, 0.4) is 0 Å². The van der Waals surface area contributed by atoms with Crippen LogP contribution in [0.15, 0.2) is 321 Å². The summed E-state index contributed by atoms with van der Waals surface area (Å²) in [5.41, 5.74) is 21.6. The van der Waals surface area contributed by atoms with E-state index in [4.69, 9.17) is 1.37 Å². The summed E-state index contributed by atoms with van der Waals surface area (Å²) in [6, 6.07) is 92.0. The molecule has 6 heterocycles. The van der Waals surface area contributed by atoms with Gasteiger partial charge in [-0.3, -0.25) is 0 Å². The lowest BCUT2D eigenvalue weighted by atomic mass is 9.33. The highest BCUT2D eigenvalue weighted by atomic mass is 32.1. The van der Waals surface area contributed by atoms with E-state index in [2.05, 4.69) is 303 Å². The molecule has 104 heavy (non-hydrogen) atoms. The van der Waals surface area contributed by atoms with E-state index in [9.17, 15) is 11.0 Å². The van der Waals surface area contributed by atoms with Gasteiger partial charge in [-0.2, -0.15) is 0 Å². The van der Waals surface area contributed by atoms with Crippen LogP contribution in [0.25, 0.3) is 141 Å². The molecule has 19 aromatic rings. The zero-order chi connectivity index (χ0) is 77.3. The Bertz CT molecular complexity index is 7180. The van der Waals surface area contributed by atoms with E-state index in [1.165, 1.54) is 10.1 Å². The molecule has 2 aliphatic rings. The van der Waals surface area contributed by atoms with Gasteiger partial charge in [0.25, 0.3) is 6.71 Å². The fourth-order valence-corrected chi connectivity index (χ4v) is 18.6. The van der Waals surface area contributed by atoms with Crippen LogP contribution in [-0.2, 0) is 10.8 Å². The third-order valence-corrected chi connectivity index (χ3v) is 23.3. The van der Waals surface area contributed by atoms with Crippen molar-refractivity contribution in [1.82, 2.24) is 8.97 Å². The lowest BCUT2D eigenvalue weighted by molar-refractivity contribution is 0.590. The second kappa shape index (κ2) is 22.6. The smallest absolute Gasteiger partial charge is 0.252 e. The summed E-state index contributed by atoms with van der Waals surface area (Å²) >= 11 is 1.80. The van der Waals surface area contributed by atoms with Crippen LogP contribution in [0.2, 0.25) is 0 Å². The van der Waals surface area contributed by atoms with Gasteiger partial charge in [0.1, 0.15) is 0 Å². The monoisotopic (exact) mass is 1360 g/mol. The maximum atomic E-state index is 10.7. The van der Waals surface area contributed by atoms with Crippen LogP contribution in [0.5, 0.6) is 0 Å². The van der Waals surface area contributed by atoms with Crippen molar-refractivity contribution in [2.24, 2.45) is 0 Å². The Kier molecular flexibility index (Phi) is 11.3. The van der Waals surface area contributed by atoms with Gasteiger partial charge in [0.05, 0.1) is 67.4 Å². The quantitative estimate of drug-likeness (QED) is 0.141. The third-order valence-electron chi connectivity index (χ3n) is 22.1. The van der Waals surface area contributed by atoms with Crippen LogP contribution in [0, 0.1) is 0 Å². The highest BCUT2D eigenvalue weighted by Gasteiger charge is 2.49. The first-order chi connectivity index (χ1) is 54.7. The van der Waals surface area contributed by atoms with Crippen LogP contribution in [0.4, 0.5) is 34.1 Å². The maximum Gasteiger partial charge on any atom is 0.252 e. The Morgan fingerprint density at radius 2 is 0.808 bits per heavy atom. The molecule has 0 spiro atoms. The third kappa shape index (κ3) is 8.85. The number of benzene rings is 15. The van der Waals surface area contributed by atoms with Crippen LogP contribution in [0.1, 0.15) is 65.0 Å². The molecule has 0 saturated heterocycles. The standard InChI is InChI=1S/C98H71BN4S/c1-97(2,3)66-55-75(61-32-14-8-15-33-61)90(76(56-66)62-34-16-9-17-35-62)102-84-54-65(60-30-12-7-13-31-60)48-52-79(84)99-80-53-49-68(100-81-44-26-22-40-69(81)71-50-51-72-70-41-25-29-47-86(70)104-96(72)92(71)100)59-85(80)103(91-77(63-36-18-10-19-37-63)57-67(98(4,5)6)58-78(91)64-38-20-11-21-39-64)95-88-74-43-24-28-46-83(74)101-82-45-27-23-42-73(82)87(93(88)101)94(102)89(95)99/h7-59H,1-6H3/i7D,12D,13D,24D,28D,30D,31D,43D,46D. The van der Waals surface area contributed by atoms with Crippen molar-refractivity contribution in [3.63, 3.8) is 0 Å². The molecular formula is C98H71BN4S. The molecule has 0 saturated carbocycles. The predicted octanol–water partition coefficient (Wildman–Crippen LogP) is 25.3. The molecule has 21 rings (SSSR count). The minimum Gasteiger partial charge on any atom is -0.309 e. The minimum absolute atomic E-state index is 0.0630. The number of hydrogen-bond donors (Lipinski definition) is 0. The highest BCUT2D eigenvalue weighted by molar-refractivity contribution is 7.26. The van der Waals surface area contributed by atoms with E-state index < -0.39 is 24.8 Å². The summed E-state index contributed by atoms with van der Waals surface area (Å²) in [7, 11) is 0. The Morgan fingerprint density at radius 1 is 0.337 bits per heavy atom. The number of nitrogens with zero attached hydrogens (tertiary/aromatic N) is 4. The van der Waals surface area contributed by atoms with Gasteiger partial charge in [0.15, 0.2) is 0 Å². The Labute approximate surface area is 622 Å². The van der Waals surface area contributed by atoms with Gasteiger partial charge in [-0.25, -0.2) is 0 Å². The van der Waals surface area contributed by atoms with Crippen LogP contribution < -0.4 is 26.2 Å². The van der Waals surface area contributed by atoms with Gasteiger partial charge in [-0.05, 0) is 138 Å². The molecule has 0 atom stereocenters. The van der Waals surface area contributed by atoms with E-state index in [0.717, 1.165) is 154 Å². The van der Waals surface area contributed by atoms with Crippen molar-refractivity contribution < 1.29 is 12.3 Å². The van der Waals surface area contributed by atoms with Gasteiger partial charge in [-0.1, -0.05) is 296 Å². The molecule has 4 nitrogen and oxygen atoms in total. The summed E-state index contributed by atoms with van der Waals surface area (Å²) in [6.07, 6.45) is 0. The van der Waals surface area contributed by atoms with E-state index in [1.54, 1.807) is 11.3 Å². The van der Waals surface area contributed by atoms with Crippen molar-refractivity contribution in [3.05, 3.63) is 332 Å². The van der Waals surface area contributed by atoms with Crippen LogP contribution >= 0.6 is 11.3 Å². The first kappa shape index (κ1) is 51.9. The van der Waals surface area contributed by atoms with E-state index in [1.807, 2.05) is 24.3 Å². The van der Waals surface area contributed by atoms with Gasteiger partial charge in [0, 0.05) is 87.1 Å². The fourth-order valence-electron chi connectivity index (χ4n) is 17.4. The molecule has 4 aromatic heterocycles. The number of rotatable bonds is 8. The lowest BCUT2D eigenvalue weighted by Crippen LogP contribution is -2.61. The number of aromatic nitrogens is 2. The normalized spacial score (nSPS) is 14.2. The molecule has 0 radical (unpaired) electrons. The Balaban J connectivity index is 1.04. The molecule has 0 bridgehead atoms. The molecule has 0 fully saturated rings. The minimum atomic E-state index is -0.709. The summed E-state index contributed by atoms with van der Waals surface area (Å²) in [5.74, 6) is 0. The maximum absolute atomic E-state index is 10.7. The molecule has 0 aliphatic carbocycles. The summed E-state index contributed by atoms with van der Waals surface area (Å²) in [4.78, 5) is 4.93. The lowest BCUT2D eigenvalue weighted by Gasteiger charge is -2.46. The Hall–Kier alpha value is -12.2. The summed E-state index contributed by atoms with van der Waals surface area (Å²) in [5, 5.41) is 7.25. The van der Waals surface area contributed by atoms with Crippen molar-refractivity contribution in [1.29, 1.82) is 0 Å². The van der Waals surface area contributed by atoms with Crippen molar-refractivity contribution in [2.75, 3.05) is 9.80 Å². The molecule has 0 unspecified atom stereocenters. The van der Waals surface area contributed by atoms with E-state index in [-0.39, 0.29) is 52.6 Å². The van der Waals surface area contributed by atoms with E-state index in [0.29, 0.717) is 33.1 Å². The van der Waals surface area contributed by atoms with Gasteiger partial charge in [0.2, 0.25) is 0 Å². The number of hydrogen-bond acceptors (Lipinski definition) is 3. The second-order valence-corrected chi connectivity index (χ2v) is 31.1. The number of anilines is 6. The number of fused-ring (bicyclic) bond motifs is 19. The van der Waals surface area contributed by atoms with Crippen molar-refractivity contribution in [2.45, 2.75) is 52.4 Å². The molecule has 0 amide bonds. The fraction of sp³-hybridized carbons (Fsp3) is 0.0816. The number of thiophene rings is 1. The van der Waals surface area contributed by atoms with Gasteiger partial charge < -0.3 is 18.8 Å². The van der Waals surface area contributed by atoms with Gasteiger partial charge >= 0.3 is 0 Å². The first-order valence-electron chi connectivity index (χ1n) is 40.3. The molecule has 15 aromatic carbocycles. The van der Waals surface area contributed by atoms with Crippen molar-refractivity contribution >= 4 is 149 Å². The first-order valence-corrected chi connectivity index (χ1v) is 36.6. The molecular weight excluding hydrogens is 1280 g/mol. The molecule has 2 aliphatic heterocycles. The predicted molar refractivity (Wildman–Crippen MR) is 447 cm³/mol. The number of para-hydroxylation sites is 3. The Morgan fingerprint density at radius 3 is 1.38 bits per heavy atom. The van der Waals surface area contributed by atoms with E-state index >= 15 is 0 Å². The largest absolute Gasteiger partial charge is 0.309 e. The molecule has 6 heteroatoms. The summed E-state index contributed by atoms with van der Waals surface area (Å²) in [6.45, 7) is 12.8. The SMILES string of the molecule is [2H]c1c([2H])c([2H])c(-c2ccc3c(c2)N(c2c(-c4ccccc4)cc(C(C)(C)C)cc2-c2ccccc2)c2c4c(c5c6c([2H])c([2H])c([2H])c([2H])c6n6c7ccccc7c2c56)N(c2c(-c5ccccc5)cc(C(C)(C)C)cc2-c2ccccc2)c2cc(-n5c6ccccc6c6ccc7c8ccccc8sc7c65)ccc2B34)c([2H])c1[2H]. The zero-order valence-electron chi connectivity index (χ0n) is 67.2. The van der Waals surface area contributed by atoms with Gasteiger partial charge in [-0.15, -0.1) is 11.3 Å².